The third-order valence-electron chi connectivity index (χ3n) is 1.92. The highest BCUT2D eigenvalue weighted by atomic mass is 32.1. The Bertz CT molecular complexity index is 285. The molecule has 0 aliphatic rings. The van der Waals surface area contributed by atoms with Crippen LogP contribution in [-0.2, 0) is 6.54 Å². The van der Waals surface area contributed by atoms with Crippen molar-refractivity contribution in [3.63, 3.8) is 0 Å². The zero-order chi connectivity index (χ0) is 8.97. The molecular weight excluding hydrogens is 168 g/mol. The summed E-state index contributed by atoms with van der Waals surface area (Å²) in [4.78, 5) is 3.11. The first kappa shape index (κ1) is 9.52. The third kappa shape index (κ3) is 2.48. The van der Waals surface area contributed by atoms with Crippen LogP contribution in [0.5, 0.6) is 0 Å². The summed E-state index contributed by atoms with van der Waals surface area (Å²) in [6.07, 6.45) is 5.85. The summed E-state index contributed by atoms with van der Waals surface area (Å²) in [5.74, 6) is 0. The molecule has 2 nitrogen and oxygen atoms in total. The minimum atomic E-state index is 0.851. The van der Waals surface area contributed by atoms with Gasteiger partial charge in [-0.2, -0.15) is 0 Å². The zero-order valence-electron chi connectivity index (χ0n) is 7.76. The van der Waals surface area contributed by atoms with Gasteiger partial charge in [-0.15, -0.1) is 0 Å². The number of hydrogen-bond donors (Lipinski definition) is 1. The number of aromatic amines is 1. The lowest BCUT2D eigenvalue weighted by Crippen LogP contribution is -1.95. The van der Waals surface area contributed by atoms with Crippen molar-refractivity contribution in [2.75, 3.05) is 0 Å². The smallest absolute Gasteiger partial charge is 0.177 e. The SMILES string of the molecule is CCCCCn1cc(C)[nH]c1=S. The van der Waals surface area contributed by atoms with Crippen molar-refractivity contribution in [2.24, 2.45) is 0 Å². The number of aromatic nitrogens is 2. The molecule has 0 aliphatic heterocycles. The Morgan fingerprint density at radius 1 is 1.50 bits per heavy atom. The topological polar surface area (TPSA) is 20.7 Å². The first-order chi connectivity index (χ1) is 5.74. The molecule has 0 aliphatic carbocycles. The van der Waals surface area contributed by atoms with Crippen molar-refractivity contribution < 1.29 is 0 Å². The van der Waals surface area contributed by atoms with Gasteiger partial charge in [-0.3, -0.25) is 0 Å². The van der Waals surface area contributed by atoms with E-state index in [0.717, 1.165) is 17.0 Å². The standard InChI is InChI=1S/C9H16N2S/c1-3-4-5-6-11-7-8(2)10-9(11)12/h7H,3-6H2,1-2H3,(H,10,12). The summed E-state index contributed by atoms with van der Waals surface area (Å²) >= 11 is 5.13. The quantitative estimate of drug-likeness (QED) is 0.563. The number of hydrogen-bond acceptors (Lipinski definition) is 1. The van der Waals surface area contributed by atoms with Gasteiger partial charge in [0, 0.05) is 18.4 Å². The number of imidazole rings is 1. The second-order valence-electron chi connectivity index (χ2n) is 3.14. The molecule has 0 spiro atoms. The normalized spacial score (nSPS) is 10.5. The number of nitrogens with zero attached hydrogens (tertiary/aromatic N) is 1. The van der Waals surface area contributed by atoms with Crippen LogP contribution in [-0.4, -0.2) is 9.55 Å². The fourth-order valence-electron chi connectivity index (χ4n) is 1.26. The first-order valence-corrected chi connectivity index (χ1v) is 4.91. The fraction of sp³-hybridized carbons (Fsp3) is 0.667. The van der Waals surface area contributed by atoms with E-state index in [0.29, 0.717) is 0 Å². The monoisotopic (exact) mass is 184 g/mol. The molecule has 68 valence electrons. The van der Waals surface area contributed by atoms with E-state index in [1.807, 2.05) is 6.92 Å². The van der Waals surface area contributed by atoms with Gasteiger partial charge in [-0.05, 0) is 25.6 Å². The van der Waals surface area contributed by atoms with E-state index in [1.54, 1.807) is 0 Å². The molecule has 0 radical (unpaired) electrons. The Kier molecular flexibility index (Phi) is 3.53. The summed E-state index contributed by atoms with van der Waals surface area (Å²) in [6, 6.07) is 0. The Morgan fingerprint density at radius 2 is 2.25 bits per heavy atom. The number of unbranched alkanes of at least 4 members (excludes halogenated alkanes) is 2. The minimum absolute atomic E-state index is 0.851. The van der Waals surface area contributed by atoms with Crippen LogP contribution in [0.1, 0.15) is 31.9 Å². The van der Waals surface area contributed by atoms with Crippen LogP contribution in [0.15, 0.2) is 6.20 Å². The van der Waals surface area contributed by atoms with E-state index in [2.05, 4.69) is 22.7 Å². The van der Waals surface area contributed by atoms with Gasteiger partial charge in [0.1, 0.15) is 0 Å². The molecule has 1 heterocycles. The van der Waals surface area contributed by atoms with E-state index < -0.39 is 0 Å². The highest BCUT2D eigenvalue weighted by Gasteiger charge is 1.94. The largest absolute Gasteiger partial charge is 0.335 e. The molecule has 0 atom stereocenters. The summed E-state index contributed by atoms with van der Waals surface area (Å²) in [5, 5.41) is 0. The molecule has 0 bridgehead atoms. The Labute approximate surface area is 78.6 Å². The van der Waals surface area contributed by atoms with Crippen LogP contribution < -0.4 is 0 Å². The van der Waals surface area contributed by atoms with E-state index >= 15 is 0 Å². The van der Waals surface area contributed by atoms with Crippen molar-refractivity contribution in [3.8, 4) is 0 Å². The minimum Gasteiger partial charge on any atom is -0.335 e. The number of aryl methyl sites for hydroxylation is 2. The molecule has 1 rings (SSSR count). The van der Waals surface area contributed by atoms with Crippen LogP contribution in [0.4, 0.5) is 0 Å². The van der Waals surface area contributed by atoms with Gasteiger partial charge in [0.05, 0.1) is 0 Å². The number of rotatable bonds is 4. The highest BCUT2D eigenvalue weighted by molar-refractivity contribution is 7.71. The van der Waals surface area contributed by atoms with E-state index in [1.165, 1.54) is 19.3 Å². The van der Waals surface area contributed by atoms with E-state index in [9.17, 15) is 0 Å². The molecule has 0 unspecified atom stereocenters. The lowest BCUT2D eigenvalue weighted by atomic mass is 10.2. The van der Waals surface area contributed by atoms with Crippen molar-refractivity contribution in [1.82, 2.24) is 9.55 Å². The fourth-order valence-corrected chi connectivity index (χ4v) is 1.57. The van der Waals surface area contributed by atoms with E-state index in [-0.39, 0.29) is 0 Å². The van der Waals surface area contributed by atoms with Crippen molar-refractivity contribution in [2.45, 2.75) is 39.7 Å². The Balaban J connectivity index is 2.51. The average Bonchev–Trinajstić information content (AvgIpc) is 2.31. The van der Waals surface area contributed by atoms with Crippen molar-refractivity contribution in [3.05, 3.63) is 16.7 Å². The molecule has 1 aromatic rings. The molecule has 0 saturated carbocycles. The van der Waals surface area contributed by atoms with Crippen molar-refractivity contribution >= 4 is 12.2 Å². The van der Waals surface area contributed by atoms with Crippen LogP contribution in [0.25, 0.3) is 0 Å². The molecule has 3 heteroatoms. The van der Waals surface area contributed by atoms with Gasteiger partial charge in [-0.1, -0.05) is 19.8 Å². The van der Waals surface area contributed by atoms with Gasteiger partial charge in [-0.25, -0.2) is 0 Å². The predicted octanol–water partition coefficient (Wildman–Crippen LogP) is 3.04. The average molecular weight is 184 g/mol. The van der Waals surface area contributed by atoms with Gasteiger partial charge >= 0.3 is 0 Å². The van der Waals surface area contributed by atoms with Crippen LogP contribution in [0.3, 0.4) is 0 Å². The van der Waals surface area contributed by atoms with Crippen LogP contribution in [0, 0.1) is 11.7 Å². The lowest BCUT2D eigenvalue weighted by Gasteiger charge is -1.99. The maximum absolute atomic E-state index is 5.13. The summed E-state index contributed by atoms with van der Waals surface area (Å²) < 4.78 is 2.96. The molecule has 1 N–H and O–H groups in total. The molecule has 12 heavy (non-hydrogen) atoms. The predicted molar refractivity (Wildman–Crippen MR) is 53.9 cm³/mol. The molecule has 0 fully saturated rings. The van der Waals surface area contributed by atoms with Crippen molar-refractivity contribution in [1.29, 1.82) is 0 Å². The Hall–Kier alpha value is -0.570. The van der Waals surface area contributed by atoms with Gasteiger partial charge in [0.2, 0.25) is 0 Å². The molecule has 0 amide bonds. The second-order valence-corrected chi connectivity index (χ2v) is 3.53. The van der Waals surface area contributed by atoms with Crippen LogP contribution in [0.2, 0.25) is 0 Å². The maximum Gasteiger partial charge on any atom is 0.177 e. The Morgan fingerprint density at radius 3 is 2.75 bits per heavy atom. The summed E-state index contributed by atoms with van der Waals surface area (Å²) in [6.45, 7) is 5.30. The van der Waals surface area contributed by atoms with Crippen LogP contribution >= 0.6 is 12.2 Å². The molecule has 0 saturated heterocycles. The lowest BCUT2D eigenvalue weighted by molar-refractivity contribution is 0.597. The van der Waals surface area contributed by atoms with E-state index in [4.69, 9.17) is 12.2 Å². The zero-order valence-corrected chi connectivity index (χ0v) is 8.58. The third-order valence-corrected chi connectivity index (χ3v) is 2.25. The first-order valence-electron chi connectivity index (χ1n) is 4.50. The molecule has 1 aromatic heterocycles. The number of H-pyrrole nitrogens is 1. The maximum atomic E-state index is 5.13. The highest BCUT2D eigenvalue weighted by Crippen LogP contribution is 2.01. The number of nitrogens with one attached hydrogen (secondary N) is 1. The van der Waals surface area contributed by atoms with Gasteiger partial charge < -0.3 is 9.55 Å². The summed E-state index contributed by atoms with van der Waals surface area (Å²) in [5.41, 5.74) is 1.15. The van der Waals surface area contributed by atoms with Gasteiger partial charge in [0.15, 0.2) is 4.77 Å². The summed E-state index contributed by atoms with van der Waals surface area (Å²) in [7, 11) is 0. The second kappa shape index (κ2) is 4.45. The molecular formula is C9H16N2S. The molecule has 0 aromatic carbocycles. The van der Waals surface area contributed by atoms with Gasteiger partial charge in [0.25, 0.3) is 0 Å².